The number of anilines is 3. The van der Waals surface area contributed by atoms with Crippen LogP contribution in [-0.4, -0.2) is 21.4 Å². The van der Waals surface area contributed by atoms with Crippen LogP contribution in [0.5, 0.6) is 5.75 Å². The maximum absolute atomic E-state index is 12.7. The summed E-state index contributed by atoms with van der Waals surface area (Å²) in [6, 6.07) is 16.8. The van der Waals surface area contributed by atoms with Gasteiger partial charge in [-0.1, -0.05) is 11.6 Å². The fraction of sp³-hybridized carbons (Fsp3) is 0.0500. The van der Waals surface area contributed by atoms with Gasteiger partial charge in [0.05, 0.1) is 17.7 Å². The molecule has 0 aliphatic heterocycles. The average Bonchev–Trinajstić information content (AvgIpc) is 2.70. The molecule has 0 bridgehead atoms. The van der Waals surface area contributed by atoms with E-state index in [4.69, 9.17) is 22.1 Å². The quantitative estimate of drug-likeness (QED) is 0.511. The van der Waals surface area contributed by atoms with Crippen molar-refractivity contribution in [3.05, 3.63) is 77.3 Å². The van der Waals surface area contributed by atoms with Crippen LogP contribution in [0.15, 0.2) is 71.6 Å². The van der Waals surface area contributed by atoms with Gasteiger partial charge < -0.3 is 15.8 Å². The Morgan fingerprint density at radius 2 is 1.66 bits per heavy atom. The SMILES string of the molecule is COc1ccc(N)cc1NS(=O)(=O)c1ccc(C(=O)Nc2ccc(Cl)cc2)cc1. The average molecular weight is 432 g/mol. The molecule has 0 heterocycles. The van der Waals surface area contributed by atoms with E-state index < -0.39 is 10.0 Å². The highest BCUT2D eigenvalue weighted by molar-refractivity contribution is 7.92. The zero-order valence-electron chi connectivity index (χ0n) is 15.3. The van der Waals surface area contributed by atoms with E-state index in [0.717, 1.165) is 0 Å². The van der Waals surface area contributed by atoms with E-state index in [1.54, 1.807) is 36.4 Å². The number of sulfonamides is 1. The number of amides is 1. The van der Waals surface area contributed by atoms with Crippen LogP contribution in [0.2, 0.25) is 5.02 Å². The van der Waals surface area contributed by atoms with Crippen LogP contribution in [0.3, 0.4) is 0 Å². The van der Waals surface area contributed by atoms with Gasteiger partial charge in [-0.25, -0.2) is 8.42 Å². The molecule has 0 aromatic heterocycles. The van der Waals surface area contributed by atoms with Crippen molar-refractivity contribution in [2.24, 2.45) is 0 Å². The molecule has 150 valence electrons. The number of carbonyl (C=O) groups excluding carboxylic acids is 1. The molecule has 0 saturated carbocycles. The fourth-order valence-electron chi connectivity index (χ4n) is 2.53. The number of nitrogens with two attached hydrogens (primary N) is 1. The van der Waals surface area contributed by atoms with Gasteiger partial charge in [-0.05, 0) is 66.7 Å². The molecule has 0 spiro atoms. The monoisotopic (exact) mass is 431 g/mol. The number of benzene rings is 3. The van der Waals surface area contributed by atoms with Gasteiger partial charge in [0.25, 0.3) is 15.9 Å². The summed E-state index contributed by atoms with van der Waals surface area (Å²) in [5, 5.41) is 3.27. The van der Waals surface area contributed by atoms with Gasteiger partial charge in [0.1, 0.15) is 5.75 Å². The third-order valence-electron chi connectivity index (χ3n) is 4.00. The number of nitrogen functional groups attached to an aromatic ring is 1. The number of rotatable bonds is 6. The van der Waals surface area contributed by atoms with Crippen molar-refractivity contribution in [3.8, 4) is 5.75 Å². The largest absolute Gasteiger partial charge is 0.495 e. The molecule has 1 amide bonds. The topological polar surface area (TPSA) is 111 Å². The van der Waals surface area contributed by atoms with Crippen molar-refractivity contribution < 1.29 is 17.9 Å². The Morgan fingerprint density at radius 3 is 2.28 bits per heavy atom. The molecule has 0 aliphatic rings. The standard InChI is InChI=1S/C20H18ClN3O4S/c1-28-19-11-6-15(22)12-18(19)24-29(26,27)17-9-2-13(3-10-17)20(25)23-16-7-4-14(21)5-8-16/h2-12,24H,22H2,1H3,(H,23,25). The van der Waals surface area contributed by atoms with Crippen LogP contribution in [0.25, 0.3) is 0 Å². The Bertz CT molecular complexity index is 1130. The third kappa shape index (κ3) is 4.98. The van der Waals surface area contributed by atoms with E-state index in [9.17, 15) is 13.2 Å². The highest BCUT2D eigenvalue weighted by Crippen LogP contribution is 2.29. The lowest BCUT2D eigenvalue weighted by Crippen LogP contribution is -2.15. The van der Waals surface area contributed by atoms with Gasteiger partial charge in [0.2, 0.25) is 0 Å². The zero-order chi connectivity index (χ0) is 21.0. The minimum atomic E-state index is -3.90. The van der Waals surface area contributed by atoms with Crippen LogP contribution in [-0.2, 0) is 10.0 Å². The molecule has 0 radical (unpaired) electrons. The second kappa shape index (κ2) is 8.42. The van der Waals surface area contributed by atoms with Crippen molar-refractivity contribution >= 4 is 44.6 Å². The Balaban J connectivity index is 1.77. The summed E-state index contributed by atoms with van der Waals surface area (Å²) in [5.41, 5.74) is 7.21. The number of hydrogen-bond acceptors (Lipinski definition) is 5. The summed E-state index contributed by atoms with van der Waals surface area (Å²) in [5.74, 6) is -0.0385. The molecule has 0 aliphatic carbocycles. The van der Waals surface area contributed by atoms with Crippen molar-refractivity contribution in [2.75, 3.05) is 22.9 Å². The molecule has 3 rings (SSSR count). The second-order valence-corrected chi connectivity index (χ2v) is 8.17. The first-order valence-corrected chi connectivity index (χ1v) is 10.3. The van der Waals surface area contributed by atoms with Gasteiger partial charge in [-0.15, -0.1) is 0 Å². The smallest absolute Gasteiger partial charge is 0.262 e. The molecule has 3 aromatic rings. The molecule has 9 heteroatoms. The molecule has 4 N–H and O–H groups in total. The highest BCUT2D eigenvalue weighted by atomic mass is 35.5. The van der Waals surface area contributed by atoms with E-state index in [-0.39, 0.29) is 16.5 Å². The summed E-state index contributed by atoms with van der Waals surface area (Å²) in [6.45, 7) is 0. The second-order valence-electron chi connectivity index (χ2n) is 6.05. The molecule has 0 atom stereocenters. The molecule has 3 aromatic carbocycles. The number of nitrogens with one attached hydrogen (secondary N) is 2. The Kier molecular flexibility index (Phi) is 5.95. The van der Waals surface area contributed by atoms with E-state index in [1.807, 2.05) is 0 Å². The first kappa shape index (κ1) is 20.5. The Labute approximate surface area is 173 Å². The summed E-state index contributed by atoms with van der Waals surface area (Å²) in [7, 11) is -2.47. The fourth-order valence-corrected chi connectivity index (χ4v) is 3.72. The summed E-state index contributed by atoms with van der Waals surface area (Å²) >= 11 is 5.82. The van der Waals surface area contributed by atoms with Crippen LogP contribution >= 0.6 is 11.6 Å². The maximum Gasteiger partial charge on any atom is 0.262 e. The number of hydrogen-bond donors (Lipinski definition) is 3. The highest BCUT2D eigenvalue weighted by Gasteiger charge is 2.17. The van der Waals surface area contributed by atoms with E-state index in [0.29, 0.717) is 27.7 Å². The lowest BCUT2D eigenvalue weighted by atomic mass is 10.2. The van der Waals surface area contributed by atoms with Gasteiger partial charge in [0.15, 0.2) is 0 Å². The van der Waals surface area contributed by atoms with Crippen molar-refractivity contribution in [1.29, 1.82) is 0 Å². The van der Waals surface area contributed by atoms with Gasteiger partial charge in [-0.2, -0.15) is 0 Å². The number of carbonyl (C=O) groups is 1. The number of halogens is 1. The van der Waals surface area contributed by atoms with Crippen LogP contribution in [0, 0.1) is 0 Å². The van der Waals surface area contributed by atoms with Crippen LogP contribution in [0.4, 0.5) is 17.1 Å². The molecular formula is C20H18ClN3O4S. The minimum absolute atomic E-state index is 0.00924. The van der Waals surface area contributed by atoms with Crippen molar-refractivity contribution in [3.63, 3.8) is 0 Å². The molecule has 29 heavy (non-hydrogen) atoms. The van der Waals surface area contributed by atoms with E-state index in [2.05, 4.69) is 10.0 Å². The predicted molar refractivity (Wildman–Crippen MR) is 114 cm³/mol. The number of methoxy groups -OCH3 is 1. The predicted octanol–water partition coefficient (Wildman–Crippen LogP) is 3.98. The molecule has 0 fully saturated rings. The molecular weight excluding hydrogens is 414 g/mol. The molecule has 0 saturated heterocycles. The first-order valence-electron chi connectivity index (χ1n) is 8.42. The molecule has 7 nitrogen and oxygen atoms in total. The van der Waals surface area contributed by atoms with E-state index in [1.165, 1.54) is 37.4 Å². The van der Waals surface area contributed by atoms with E-state index >= 15 is 0 Å². The Hall–Kier alpha value is -3.23. The third-order valence-corrected chi connectivity index (χ3v) is 5.63. The number of ether oxygens (including phenoxy) is 1. The normalized spacial score (nSPS) is 11.0. The first-order chi connectivity index (χ1) is 13.8. The molecule has 0 unspecified atom stereocenters. The zero-order valence-corrected chi connectivity index (χ0v) is 16.9. The van der Waals surface area contributed by atoms with Gasteiger partial charge in [0, 0.05) is 22.0 Å². The summed E-state index contributed by atoms with van der Waals surface area (Å²) < 4.78 is 32.9. The summed E-state index contributed by atoms with van der Waals surface area (Å²) in [4.78, 5) is 12.3. The van der Waals surface area contributed by atoms with Crippen molar-refractivity contribution in [2.45, 2.75) is 4.90 Å². The maximum atomic E-state index is 12.7. The lowest BCUT2D eigenvalue weighted by molar-refractivity contribution is 0.102. The van der Waals surface area contributed by atoms with Crippen molar-refractivity contribution in [1.82, 2.24) is 0 Å². The van der Waals surface area contributed by atoms with Gasteiger partial charge >= 0.3 is 0 Å². The van der Waals surface area contributed by atoms with Crippen LogP contribution < -0.4 is 20.5 Å². The lowest BCUT2D eigenvalue weighted by Gasteiger charge is -2.13. The summed E-state index contributed by atoms with van der Waals surface area (Å²) in [6.07, 6.45) is 0. The van der Waals surface area contributed by atoms with Crippen LogP contribution in [0.1, 0.15) is 10.4 Å². The minimum Gasteiger partial charge on any atom is -0.495 e. The van der Waals surface area contributed by atoms with Gasteiger partial charge in [-0.3, -0.25) is 9.52 Å². The Morgan fingerprint density at radius 1 is 1.00 bits per heavy atom.